The van der Waals surface area contributed by atoms with E-state index >= 15 is 0 Å². The second-order valence-corrected chi connectivity index (χ2v) is 6.62. The number of carbonyl (C=O) groups excluding carboxylic acids is 1. The number of likely N-dealkylation sites (N-methyl/N-ethyl adjacent to an activating group) is 2. The molecule has 1 saturated carbocycles. The van der Waals surface area contributed by atoms with Gasteiger partial charge in [-0.3, -0.25) is 4.79 Å². The smallest absolute Gasteiger partial charge is 0.253 e. The van der Waals surface area contributed by atoms with Gasteiger partial charge in [0.1, 0.15) is 5.82 Å². The molecule has 1 amide bonds. The Morgan fingerprint density at radius 3 is 2.45 bits per heavy atom. The molecule has 2 rings (SSSR count). The molecule has 0 N–H and O–H groups in total. The standard InChI is InChI=1S/C15H20BrFN2O/c1-18(2)15(7-4-8-15)10-19(3)14(20)11-5-6-12(16)13(17)9-11/h5-6,9H,4,7-8,10H2,1-3H3. The van der Waals surface area contributed by atoms with Crippen molar-refractivity contribution in [3.8, 4) is 0 Å². The maximum atomic E-state index is 13.5. The summed E-state index contributed by atoms with van der Waals surface area (Å²) in [6.45, 7) is 0.677. The molecule has 5 heteroatoms. The summed E-state index contributed by atoms with van der Waals surface area (Å²) in [7, 11) is 5.89. The van der Waals surface area contributed by atoms with Crippen LogP contribution in [-0.4, -0.2) is 48.9 Å². The fraction of sp³-hybridized carbons (Fsp3) is 0.533. The molecule has 1 aliphatic carbocycles. The first-order valence-corrected chi connectivity index (χ1v) is 7.53. The molecular weight excluding hydrogens is 323 g/mol. The lowest BCUT2D eigenvalue weighted by atomic mass is 9.75. The first kappa shape index (κ1) is 15.4. The SMILES string of the molecule is CN(CC1(N(C)C)CCC1)C(=O)c1ccc(Br)c(F)c1. The van der Waals surface area contributed by atoms with Crippen LogP contribution < -0.4 is 0 Å². The van der Waals surface area contributed by atoms with Crippen molar-refractivity contribution in [3.63, 3.8) is 0 Å². The molecule has 0 atom stereocenters. The summed E-state index contributed by atoms with van der Waals surface area (Å²) in [5, 5.41) is 0. The number of amides is 1. The Balaban J connectivity index is 2.10. The molecule has 0 heterocycles. The van der Waals surface area contributed by atoms with E-state index in [1.54, 1.807) is 24.1 Å². The maximum Gasteiger partial charge on any atom is 0.253 e. The van der Waals surface area contributed by atoms with Crippen LogP contribution in [-0.2, 0) is 0 Å². The summed E-state index contributed by atoms with van der Waals surface area (Å²) in [4.78, 5) is 16.3. The van der Waals surface area contributed by atoms with Gasteiger partial charge in [0.25, 0.3) is 5.91 Å². The Kier molecular flexibility index (Phi) is 4.49. The van der Waals surface area contributed by atoms with E-state index in [4.69, 9.17) is 0 Å². The zero-order chi connectivity index (χ0) is 14.9. The van der Waals surface area contributed by atoms with E-state index < -0.39 is 5.82 Å². The summed E-state index contributed by atoms with van der Waals surface area (Å²) >= 11 is 3.10. The third-order valence-corrected chi connectivity index (χ3v) is 4.92. The topological polar surface area (TPSA) is 23.6 Å². The first-order chi connectivity index (χ1) is 9.35. The third-order valence-electron chi connectivity index (χ3n) is 4.28. The molecule has 0 bridgehead atoms. The van der Waals surface area contributed by atoms with Gasteiger partial charge in [-0.1, -0.05) is 0 Å². The molecule has 0 radical (unpaired) electrons. The average molecular weight is 343 g/mol. The number of hydrogen-bond donors (Lipinski definition) is 0. The van der Waals surface area contributed by atoms with Gasteiger partial charge < -0.3 is 9.80 Å². The molecule has 0 spiro atoms. The Labute approximate surface area is 127 Å². The number of hydrogen-bond acceptors (Lipinski definition) is 2. The highest BCUT2D eigenvalue weighted by Crippen LogP contribution is 2.36. The highest BCUT2D eigenvalue weighted by atomic mass is 79.9. The van der Waals surface area contributed by atoms with Crippen LogP contribution in [0, 0.1) is 5.82 Å². The van der Waals surface area contributed by atoms with Crippen molar-refractivity contribution in [2.45, 2.75) is 24.8 Å². The van der Waals surface area contributed by atoms with Crippen molar-refractivity contribution in [2.24, 2.45) is 0 Å². The fourth-order valence-corrected chi connectivity index (χ4v) is 2.94. The van der Waals surface area contributed by atoms with Gasteiger partial charge >= 0.3 is 0 Å². The van der Waals surface area contributed by atoms with Crippen molar-refractivity contribution < 1.29 is 9.18 Å². The molecule has 0 aliphatic heterocycles. The molecule has 1 aromatic rings. The van der Waals surface area contributed by atoms with Gasteiger partial charge in [0.05, 0.1) is 4.47 Å². The van der Waals surface area contributed by atoms with Crippen molar-refractivity contribution >= 4 is 21.8 Å². The van der Waals surface area contributed by atoms with Crippen molar-refractivity contribution in [1.82, 2.24) is 9.80 Å². The minimum Gasteiger partial charge on any atom is -0.340 e. The summed E-state index contributed by atoms with van der Waals surface area (Å²) in [5.74, 6) is -0.542. The zero-order valence-electron chi connectivity index (χ0n) is 12.1. The second kappa shape index (κ2) is 5.82. The van der Waals surface area contributed by atoms with E-state index in [0.29, 0.717) is 16.6 Å². The normalized spacial score (nSPS) is 16.9. The lowest BCUT2D eigenvalue weighted by Crippen LogP contribution is -2.57. The monoisotopic (exact) mass is 342 g/mol. The van der Waals surface area contributed by atoms with Crippen molar-refractivity contribution in [2.75, 3.05) is 27.7 Å². The summed E-state index contributed by atoms with van der Waals surface area (Å²) in [6.07, 6.45) is 3.41. The molecule has 0 saturated heterocycles. The number of nitrogens with zero attached hydrogens (tertiary/aromatic N) is 2. The van der Waals surface area contributed by atoms with Crippen LogP contribution in [0.15, 0.2) is 22.7 Å². The van der Waals surface area contributed by atoms with E-state index in [0.717, 1.165) is 12.8 Å². The number of halogens is 2. The minimum absolute atomic E-state index is 0.0817. The molecule has 1 fully saturated rings. The van der Waals surface area contributed by atoms with Crippen molar-refractivity contribution in [3.05, 3.63) is 34.1 Å². The van der Waals surface area contributed by atoms with Crippen LogP contribution in [0.4, 0.5) is 4.39 Å². The quantitative estimate of drug-likeness (QED) is 0.839. The van der Waals surface area contributed by atoms with Crippen LogP contribution >= 0.6 is 15.9 Å². The number of carbonyl (C=O) groups is 1. The average Bonchev–Trinajstić information content (AvgIpc) is 2.35. The predicted molar refractivity (Wildman–Crippen MR) is 81.3 cm³/mol. The van der Waals surface area contributed by atoms with Crippen LogP contribution in [0.5, 0.6) is 0 Å². The van der Waals surface area contributed by atoms with Gasteiger partial charge in [-0.2, -0.15) is 0 Å². The molecule has 110 valence electrons. The van der Waals surface area contributed by atoms with Crippen LogP contribution in [0.2, 0.25) is 0 Å². The fourth-order valence-electron chi connectivity index (χ4n) is 2.69. The van der Waals surface area contributed by atoms with Crippen molar-refractivity contribution in [1.29, 1.82) is 0 Å². The van der Waals surface area contributed by atoms with Gasteiger partial charge in [0.15, 0.2) is 0 Å². The molecule has 1 aliphatic rings. The van der Waals surface area contributed by atoms with Gasteiger partial charge in [0.2, 0.25) is 0 Å². The third kappa shape index (κ3) is 2.88. The van der Waals surface area contributed by atoms with E-state index in [1.807, 2.05) is 0 Å². The maximum absolute atomic E-state index is 13.5. The van der Waals surface area contributed by atoms with Gasteiger partial charge in [-0.25, -0.2) is 4.39 Å². The summed E-state index contributed by atoms with van der Waals surface area (Å²) < 4.78 is 13.9. The lowest BCUT2D eigenvalue weighted by Gasteiger charge is -2.49. The highest BCUT2D eigenvalue weighted by Gasteiger charge is 2.40. The summed E-state index contributed by atoms with van der Waals surface area (Å²) in [5.41, 5.74) is 0.472. The Bertz CT molecular complexity index is 515. The lowest BCUT2D eigenvalue weighted by molar-refractivity contribution is 0.0252. The van der Waals surface area contributed by atoms with Crippen LogP contribution in [0.25, 0.3) is 0 Å². The van der Waals surface area contributed by atoms with Gasteiger partial charge in [-0.15, -0.1) is 0 Å². The van der Waals surface area contributed by atoms with E-state index in [-0.39, 0.29) is 11.4 Å². The minimum atomic E-state index is -0.407. The molecule has 20 heavy (non-hydrogen) atoms. The van der Waals surface area contributed by atoms with Crippen LogP contribution in [0.1, 0.15) is 29.6 Å². The largest absolute Gasteiger partial charge is 0.340 e. The summed E-state index contributed by atoms with van der Waals surface area (Å²) in [6, 6.07) is 4.50. The Morgan fingerprint density at radius 2 is 2.00 bits per heavy atom. The zero-order valence-corrected chi connectivity index (χ0v) is 13.7. The Morgan fingerprint density at radius 1 is 1.35 bits per heavy atom. The van der Waals surface area contributed by atoms with E-state index in [1.165, 1.54) is 12.5 Å². The predicted octanol–water partition coefficient (Wildman–Crippen LogP) is 3.14. The molecule has 0 aromatic heterocycles. The number of benzene rings is 1. The second-order valence-electron chi connectivity index (χ2n) is 5.76. The molecule has 1 aromatic carbocycles. The molecule has 0 unspecified atom stereocenters. The van der Waals surface area contributed by atoms with Gasteiger partial charge in [0, 0.05) is 24.7 Å². The number of rotatable bonds is 4. The molecule has 3 nitrogen and oxygen atoms in total. The Hall–Kier alpha value is -0.940. The van der Waals surface area contributed by atoms with Crippen LogP contribution in [0.3, 0.4) is 0 Å². The van der Waals surface area contributed by atoms with E-state index in [9.17, 15) is 9.18 Å². The first-order valence-electron chi connectivity index (χ1n) is 6.74. The molecular formula is C15H20BrFN2O. The van der Waals surface area contributed by atoms with Gasteiger partial charge in [-0.05, 0) is 67.5 Å². The highest BCUT2D eigenvalue weighted by molar-refractivity contribution is 9.10. The van der Waals surface area contributed by atoms with E-state index in [2.05, 4.69) is 34.9 Å².